The fourth-order valence-corrected chi connectivity index (χ4v) is 4.82. The maximum atomic E-state index is 13.3. The summed E-state index contributed by atoms with van der Waals surface area (Å²) in [5.74, 6) is 1.45. The first-order valence-corrected chi connectivity index (χ1v) is 11.0. The largest absolute Gasteiger partial charge is 0.493 e. The molecule has 0 saturated carbocycles. The summed E-state index contributed by atoms with van der Waals surface area (Å²) in [5, 5.41) is 0.946. The Balaban J connectivity index is 1.65. The van der Waals surface area contributed by atoms with E-state index in [1.54, 1.807) is 19.2 Å². The molecule has 1 fully saturated rings. The number of rotatable bonds is 5. The van der Waals surface area contributed by atoms with Gasteiger partial charge in [0.15, 0.2) is 11.5 Å². The summed E-state index contributed by atoms with van der Waals surface area (Å²) < 4.78 is 11.7. The number of carbonyl (C=O) groups excluding carboxylic acids is 1. The van der Waals surface area contributed by atoms with Crippen LogP contribution in [-0.2, 0) is 11.2 Å². The van der Waals surface area contributed by atoms with Crippen LogP contribution >= 0.6 is 23.2 Å². The summed E-state index contributed by atoms with van der Waals surface area (Å²) in [6, 6.07) is 11.2. The van der Waals surface area contributed by atoms with Crippen molar-refractivity contribution in [3.05, 3.63) is 57.6 Å². The van der Waals surface area contributed by atoms with Crippen LogP contribution in [0.1, 0.15) is 30.0 Å². The van der Waals surface area contributed by atoms with Gasteiger partial charge in [-0.15, -0.1) is 0 Å². The van der Waals surface area contributed by atoms with E-state index in [-0.39, 0.29) is 24.4 Å². The fourth-order valence-electron chi connectivity index (χ4n) is 4.50. The topological polar surface area (TPSA) is 42.0 Å². The zero-order chi connectivity index (χ0) is 21.3. The van der Waals surface area contributed by atoms with Gasteiger partial charge in [-0.25, -0.2) is 0 Å². The van der Waals surface area contributed by atoms with Gasteiger partial charge in [-0.1, -0.05) is 41.4 Å². The molecule has 5 nitrogen and oxygen atoms in total. The van der Waals surface area contributed by atoms with Crippen molar-refractivity contribution in [1.29, 1.82) is 0 Å². The monoisotopic (exact) mass is 448 g/mol. The highest BCUT2D eigenvalue weighted by Gasteiger charge is 2.40. The van der Waals surface area contributed by atoms with Crippen LogP contribution in [0.25, 0.3) is 0 Å². The third-order valence-electron chi connectivity index (χ3n) is 6.07. The Hall–Kier alpha value is -1.95. The second kappa shape index (κ2) is 9.04. The average molecular weight is 449 g/mol. The lowest BCUT2D eigenvalue weighted by Crippen LogP contribution is -2.51. The number of hydrogen-bond acceptors (Lipinski definition) is 4. The lowest BCUT2D eigenvalue weighted by molar-refractivity contribution is -0.133. The SMILES string of the molecule is COc1cccc2c1OCC(N1CCCC1)C2N(C)C(=O)Cc1ccc(Cl)c(Cl)c1. The van der Waals surface area contributed by atoms with Crippen molar-refractivity contribution in [3.8, 4) is 11.5 Å². The van der Waals surface area contributed by atoms with Crippen molar-refractivity contribution in [3.63, 3.8) is 0 Å². The maximum absolute atomic E-state index is 13.3. The molecule has 2 heterocycles. The lowest BCUT2D eigenvalue weighted by Gasteiger charge is -2.43. The van der Waals surface area contributed by atoms with Crippen molar-refractivity contribution in [2.75, 3.05) is 33.9 Å². The lowest BCUT2D eigenvalue weighted by atomic mass is 9.93. The van der Waals surface area contributed by atoms with Gasteiger partial charge < -0.3 is 14.4 Å². The summed E-state index contributed by atoms with van der Waals surface area (Å²) in [6.07, 6.45) is 2.61. The molecule has 2 aromatic rings. The van der Waals surface area contributed by atoms with Crippen LogP contribution < -0.4 is 9.47 Å². The fraction of sp³-hybridized carbons (Fsp3) is 0.435. The highest BCUT2D eigenvalue weighted by molar-refractivity contribution is 6.42. The molecular formula is C23H26Cl2N2O3. The Labute approximate surface area is 187 Å². The first-order chi connectivity index (χ1) is 14.5. The van der Waals surface area contributed by atoms with Gasteiger partial charge in [-0.05, 0) is 49.7 Å². The molecule has 7 heteroatoms. The van der Waals surface area contributed by atoms with Gasteiger partial charge in [0.05, 0.1) is 35.7 Å². The molecule has 0 aliphatic carbocycles. The zero-order valence-corrected chi connectivity index (χ0v) is 18.7. The first kappa shape index (κ1) is 21.3. The number of nitrogens with zero attached hydrogens (tertiary/aromatic N) is 2. The molecule has 2 unspecified atom stereocenters. The molecule has 0 N–H and O–H groups in total. The third kappa shape index (κ3) is 4.11. The van der Waals surface area contributed by atoms with Gasteiger partial charge in [-0.3, -0.25) is 9.69 Å². The Kier molecular flexibility index (Phi) is 6.42. The van der Waals surface area contributed by atoms with Crippen LogP contribution in [0.15, 0.2) is 36.4 Å². The standard InChI is InChI=1S/C23H26Cl2N2O3/c1-26(21(28)13-15-8-9-17(24)18(25)12-15)22-16-6-5-7-20(29-2)23(16)30-14-19(22)27-10-3-4-11-27/h5-9,12,19,22H,3-4,10-11,13-14H2,1-2H3. The predicted molar refractivity (Wildman–Crippen MR) is 119 cm³/mol. The number of para-hydroxylation sites is 1. The number of hydrogen-bond donors (Lipinski definition) is 0. The third-order valence-corrected chi connectivity index (χ3v) is 6.81. The van der Waals surface area contributed by atoms with Gasteiger partial charge in [0, 0.05) is 12.6 Å². The van der Waals surface area contributed by atoms with Crippen molar-refractivity contribution in [2.45, 2.75) is 31.3 Å². The second-order valence-electron chi connectivity index (χ2n) is 7.87. The van der Waals surface area contributed by atoms with Crippen molar-refractivity contribution < 1.29 is 14.3 Å². The van der Waals surface area contributed by atoms with Crippen LogP contribution in [0.5, 0.6) is 11.5 Å². The molecule has 0 aromatic heterocycles. The molecule has 0 radical (unpaired) electrons. The minimum atomic E-state index is -0.114. The van der Waals surface area contributed by atoms with E-state index in [0.717, 1.165) is 30.0 Å². The zero-order valence-electron chi connectivity index (χ0n) is 17.2. The number of fused-ring (bicyclic) bond motifs is 1. The number of ether oxygens (including phenoxy) is 2. The van der Waals surface area contributed by atoms with E-state index >= 15 is 0 Å². The van der Waals surface area contributed by atoms with Crippen LogP contribution in [0.2, 0.25) is 10.0 Å². The molecule has 4 rings (SSSR count). The molecule has 1 saturated heterocycles. The molecule has 1 amide bonds. The number of carbonyl (C=O) groups is 1. The molecule has 30 heavy (non-hydrogen) atoms. The van der Waals surface area contributed by atoms with Crippen molar-refractivity contribution in [1.82, 2.24) is 9.80 Å². The highest BCUT2D eigenvalue weighted by atomic mass is 35.5. The van der Waals surface area contributed by atoms with E-state index in [4.69, 9.17) is 32.7 Å². The smallest absolute Gasteiger partial charge is 0.227 e. The summed E-state index contributed by atoms with van der Waals surface area (Å²) in [6.45, 7) is 2.58. The number of methoxy groups -OCH3 is 1. The quantitative estimate of drug-likeness (QED) is 0.669. The summed E-state index contributed by atoms with van der Waals surface area (Å²) >= 11 is 12.2. The van der Waals surface area contributed by atoms with Crippen LogP contribution in [0.3, 0.4) is 0 Å². The van der Waals surface area contributed by atoms with E-state index in [2.05, 4.69) is 4.90 Å². The predicted octanol–water partition coefficient (Wildman–Crippen LogP) is 4.60. The highest BCUT2D eigenvalue weighted by Crippen LogP contribution is 2.43. The number of benzene rings is 2. The normalized spacial score (nSPS) is 21.1. The van der Waals surface area contributed by atoms with Crippen molar-refractivity contribution in [2.24, 2.45) is 0 Å². The van der Waals surface area contributed by atoms with E-state index in [9.17, 15) is 4.79 Å². The molecule has 0 spiro atoms. The van der Waals surface area contributed by atoms with Gasteiger partial charge >= 0.3 is 0 Å². The van der Waals surface area contributed by atoms with E-state index in [1.807, 2.05) is 36.2 Å². The minimum Gasteiger partial charge on any atom is -0.493 e. The summed E-state index contributed by atoms with van der Waals surface area (Å²) in [7, 11) is 3.52. The van der Waals surface area contributed by atoms with Gasteiger partial charge in [0.25, 0.3) is 0 Å². The second-order valence-corrected chi connectivity index (χ2v) is 8.69. The maximum Gasteiger partial charge on any atom is 0.227 e. The van der Waals surface area contributed by atoms with Crippen LogP contribution in [-0.4, -0.2) is 55.6 Å². The molecule has 0 bridgehead atoms. The van der Waals surface area contributed by atoms with Gasteiger partial charge in [0.1, 0.15) is 6.61 Å². The first-order valence-electron chi connectivity index (χ1n) is 10.2. The van der Waals surface area contributed by atoms with Gasteiger partial charge in [-0.2, -0.15) is 0 Å². The molecule has 2 aliphatic rings. The molecule has 160 valence electrons. The number of halogens is 2. The average Bonchev–Trinajstić information content (AvgIpc) is 3.29. The van der Waals surface area contributed by atoms with Crippen LogP contribution in [0.4, 0.5) is 0 Å². The Morgan fingerprint density at radius 2 is 1.97 bits per heavy atom. The van der Waals surface area contributed by atoms with E-state index in [1.165, 1.54) is 12.8 Å². The Morgan fingerprint density at radius 3 is 2.67 bits per heavy atom. The molecule has 2 aliphatic heterocycles. The molecule has 2 aromatic carbocycles. The Morgan fingerprint density at radius 1 is 1.20 bits per heavy atom. The Bertz CT molecular complexity index is 931. The van der Waals surface area contributed by atoms with Crippen molar-refractivity contribution >= 4 is 29.1 Å². The van der Waals surface area contributed by atoms with E-state index < -0.39 is 0 Å². The number of likely N-dealkylation sites (tertiary alicyclic amines) is 1. The summed E-state index contributed by atoms with van der Waals surface area (Å²) in [5.41, 5.74) is 1.83. The van der Waals surface area contributed by atoms with Gasteiger partial charge in [0.2, 0.25) is 5.91 Å². The van der Waals surface area contributed by atoms with E-state index in [0.29, 0.717) is 22.4 Å². The number of likely N-dealkylation sites (N-methyl/N-ethyl adjacent to an activating group) is 1. The number of amides is 1. The molecule has 2 atom stereocenters. The summed E-state index contributed by atoms with van der Waals surface area (Å²) in [4.78, 5) is 17.6. The van der Waals surface area contributed by atoms with Crippen LogP contribution in [0, 0.1) is 0 Å². The minimum absolute atomic E-state index is 0.0262. The molecular weight excluding hydrogens is 423 g/mol.